The van der Waals surface area contributed by atoms with Gasteiger partial charge in [0.25, 0.3) is 5.56 Å². The average Bonchev–Trinajstić information content (AvgIpc) is 2.95. The highest BCUT2D eigenvalue weighted by Crippen LogP contribution is 2.29. The number of nitrogens with one attached hydrogen (secondary N) is 3. The highest BCUT2D eigenvalue weighted by atomic mass is 35.5. The standard InChI is InChI=1S/C32H44ClN9O2/c1-40(2)17-15-35-30(36-16-18-41(3)4)23-13-11-22(12-14-23)20-37-27(43)21-42-28(24-7-5-8-25(34)19-24)29(33)39-31(32(42)44)38-26-9-6-10-26/h5,7-8,11-14,19,26H,6,9-10,15-18,20-21,34H2,1-4H3,(H,35,36)(H,37,43)(H,38,39). The number of carbonyl (C=O) groups is 1. The van der Waals surface area contributed by atoms with E-state index in [0.29, 0.717) is 30.0 Å². The van der Waals surface area contributed by atoms with Gasteiger partial charge in [-0.05, 0) is 65.1 Å². The quantitative estimate of drug-likeness (QED) is 0.123. The van der Waals surface area contributed by atoms with Crippen molar-refractivity contribution < 1.29 is 4.79 Å². The lowest BCUT2D eigenvalue weighted by molar-refractivity contribution is -0.121. The van der Waals surface area contributed by atoms with Crippen LogP contribution in [0.15, 0.2) is 58.3 Å². The first-order valence-electron chi connectivity index (χ1n) is 15.0. The molecule has 44 heavy (non-hydrogen) atoms. The highest BCUT2D eigenvalue weighted by molar-refractivity contribution is 6.32. The number of aromatic nitrogens is 2. The summed E-state index contributed by atoms with van der Waals surface area (Å²) < 4.78 is 1.37. The molecule has 1 aromatic heterocycles. The average molecular weight is 622 g/mol. The van der Waals surface area contributed by atoms with E-state index in [2.05, 4.69) is 30.7 Å². The molecule has 3 aromatic rings. The van der Waals surface area contributed by atoms with Gasteiger partial charge in [-0.25, -0.2) is 4.98 Å². The molecule has 0 saturated heterocycles. The summed E-state index contributed by atoms with van der Waals surface area (Å²) in [6.07, 6.45) is 3.02. The number of hydrogen-bond acceptors (Lipinski definition) is 8. The Morgan fingerprint density at radius 2 is 1.80 bits per heavy atom. The highest BCUT2D eigenvalue weighted by Gasteiger charge is 2.23. The molecule has 4 rings (SSSR count). The molecule has 12 heteroatoms. The number of nitrogen functional groups attached to an aromatic ring is 1. The molecule has 0 spiro atoms. The minimum Gasteiger partial charge on any atom is -0.399 e. The van der Waals surface area contributed by atoms with Crippen LogP contribution in [0.25, 0.3) is 11.3 Å². The van der Waals surface area contributed by atoms with Crippen LogP contribution in [-0.4, -0.2) is 91.5 Å². The molecule has 0 bridgehead atoms. The van der Waals surface area contributed by atoms with Crippen LogP contribution in [0.3, 0.4) is 0 Å². The minimum absolute atomic E-state index is 0.127. The SMILES string of the molecule is CN(C)CCN=C(NCCN(C)C)c1ccc(CNC(=O)Cn2c(-c3cccc(N)c3)c(Cl)nc(NC3CCC3)c2=O)cc1. The maximum Gasteiger partial charge on any atom is 0.294 e. The molecule has 2 aromatic carbocycles. The van der Waals surface area contributed by atoms with E-state index < -0.39 is 5.56 Å². The van der Waals surface area contributed by atoms with Crippen molar-refractivity contribution in [1.29, 1.82) is 0 Å². The van der Waals surface area contributed by atoms with Crippen LogP contribution in [0.1, 0.15) is 30.4 Å². The van der Waals surface area contributed by atoms with Crippen molar-refractivity contribution >= 4 is 34.8 Å². The molecule has 0 aliphatic heterocycles. The van der Waals surface area contributed by atoms with Crippen molar-refractivity contribution in [3.8, 4) is 11.3 Å². The Hall–Kier alpha value is -3.93. The number of anilines is 2. The van der Waals surface area contributed by atoms with E-state index in [0.717, 1.165) is 55.9 Å². The van der Waals surface area contributed by atoms with Gasteiger partial charge in [0, 0.05) is 49.0 Å². The number of hydrogen-bond donors (Lipinski definition) is 4. The first-order chi connectivity index (χ1) is 21.1. The molecule has 1 saturated carbocycles. The molecule has 0 unspecified atom stereocenters. The Morgan fingerprint density at radius 1 is 1.07 bits per heavy atom. The molecule has 1 amide bonds. The van der Waals surface area contributed by atoms with E-state index in [1.165, 1.54) is 4.57 Å². The third-order valence-electron chi connectivity index (χ3n) is 7.42. The second kappa shape index (κ2) is 15.7. The van der Waals surface area contributed by atoms with E-state index in [-0.39, 0.29) is 29.5 Å². The summed E-state index contributed by atoms with van der Waals surface area (Å²) >= 11 is 6.63. The third-order valence-corrected chi connectivity index (χ3v) is 7.68. The maximum absolute atomic E-state index is 13.6. The lowest BCUT2D eigenvalue weighted by atomic mass is 9.93. The van der Waals surface area contributed by atoms with Crippen molar-refractivity contribution in [3.63, 3.8) is 0 Å². The number of amides is 1. The summed E-state index contributed by atoms with van der Waals surface area (Å²) in [7, 11) is 8.13. The summed E-state index contributed by atoms with van der Waals surface area (Å²) in [5, 5.41) is 9.72. The van der Waals surface area contributed by atoms with Crippen molar-refractivity contribution in [2.24, 2.45) is 4.99 Å². The first kappa shape index (κ1) is 33.0. The van der Waals surface area contributed by atoms with E-state index in [1.807, 2.05) is 52.5 Å². The molecule has 11 nitrogen and oxygen atoms in total. The second-order valence-electron chi connectivity index (χ2n) is 11.6. The van der Waals surface area contributed by atoms with Gasteiger partial charge in [-0.2, -0.15) is 0 Å². The van der Waals surface area contributed by atoms with E-state index in [9.17, 15) is 9.59 Å². The van der Waals surface area contributed by atoms with Crippen molar-refractivity contribution in [3.05, 3.63) is 75.2 Å². The van der Waals surface area contributed by atoms with Crippen LogP contribution < -0.4 is 27.2 Å². The second-order valence-corrected chi connectivity index (χ2v) is 12.0. The summed E-state index contributed by atoms with van der Waals surface area (Å²) in [5.41, 5.74) is 8.99. The zero-order valence-electron chi connectivity index (χ0n) is 26.1. The molecule has 236 valence electrons. The third kappa shape index (κ3) is 9.28. The van der Waals surface area contributed by atoms with E-state index in [4.69, 9.17) is 22.3 Å². The van der Waals surface area contributed by atoms with Gasteiger partial charge in [-0.15, -0.1) is 0 Å². The number of halogens is 1. The number of benzene rings is 2. The molecule has 1 aliphatic rings. The van der Waals surface area contributed by atoms with Gasteiger partial charge in [0.1, 0.15) is 12.4 Å². The van der Waals surface area contributed by atoms with Gasteiger partial charge < -0.3 is 31.5 Å². The van der Waals surface area contributed by atoms with Gasteiger partial charge in [-0.1, -0.05) is 48.0 Å². The van der Waals surface area contributed by atoms with E-state index in [1.54, 1.807) is 24.3 Å². The fourth-order valence-corrected chi connectivity index (χ4v) is 4.98. The first-order valence-corrected chi connectivity index (χ1v) is 15.3. The van der Waals surface area contributed by atoms with Crippen molar-refractivity contribution in [1.82, 2.24) is 30.0 Å². The molecule has 1 fully saturated rings. The minimum atomic E-state index is -0.402. The predicted molar refractivity (Wildman–Crippen MR) is 179 cm³/mol. The largest absolute Gasteiger partial charge is 0.399 e. The zero-order valence-corrected chi connectivity index (χ0v) is 26.8. The summed E-state index contributed by atoms with van der Waals surface area (Å²) in [5.74, 6) is 0.672. The molecule has 1 heterocycles. The molecule has 0 atom stereocenters. The smallest absolute Gasteiger partial charge is 0.294 e. The Morgan fingerprint density at radius 3 is 2.43 bits per heavy atom. The zero-order chi connectivity index (χ0) is 31.6. The molecular weight excluding hydrogens is 578 g/mol. The number of nitrogens with zero attached hydrogens (tertiary/aromatic N) is 5. The van der Waals surface area contributed by atoms with Crippen LogP contribution >= 0.6 is 11.6 Å². The predicted octanol–water partition coefficient (Wildman–Crippen LogP) is 2.89. The van der Waals surface area contributed by atoms with E-state index >= 15 is 0 Å². The molecular formula is C32H44ClN9O2. The van der Waals surface area contributed by atoms with Crippen LogP contribution in [0.2, 0.25) is 5.15 Å². The Balaban J connectivity index is 1.48. The van der Waals surface area contributed by atoms with Gasteiger partial charge in [-0.3, -0.25) is 19.1 Å². The summed E-state index contributed by atoms with van der Waals surface area (Å²) in [6.45, 7) is 3.28. The van der Waals surface area contributed by atoms with Crippen LogP contribution in [0.4, 0.5) is 11.5 Å². The van der Waals surface area contributed by atoms with Crippen LogP contribution in [0, 0.1) is 0 Å². The lowest BCUT2D eigenvalue weighted by Gasteiger charge is -2.27. The number of aliphatic imine (C=N–C) groups is 1. The fraction of sp³-hybridized carbons (Fsp3) is 0.438. The Labute approximate surface area is 264 Å². The van der Waals surface area contributed by atoms with Gasteiger partial charge in [0.15, 0.2) is 11.0 Å². The number of nitrogens with two attached hydrogens (primary N) is 1. The summed E-state index contributed by atoms with van der Waals surface area (Å²) in [4.78, 5) is 40.1. The molecule has 5 N–H and O–H groups in total. The topological polar surface area (TPSA) is 133 Å². The van der Waals surface area contributed by atoms with Crippen LogP contribution in [-0.2, 0) is 17.9 Å². The fourth-order valence-electron chi connectivity index (χ4n) is 4.68. The number of rotatable bonds is 14. The monoisotopic (exact) mass is 621 g/mol. The number of amidine groups is 1. The lowest BCUT2D eigenvalue weighted by Crippen LogP contribution is -2.37. The number of likely N-dealkylation sites (N-methyl/N-ethyl adjacent to an activating group) is 2. The van der Waals surface area contributed by atoms with Gasteiger partial charge >= 0.3 is 0 Å². The molecule has 1 aliphatic carbocycles. The van der Waals surface area contributed by atoms with Crippen molar-refractivity contribution in [2.45, 2.75) is 38.4 Å². The van der Waals surface area contributed by atoms with Gasteiger partial charge in [0.2, 0.25) is 5.91 Å². The van der Waals surface area contributed by atoms with Gasteiger partial charge in [0.05, 0.1) is 12.2 Å². The maximum atomic E-state index is 13.6. The summed E-state index contributed by atoms with van der Waals surface area (Å²) in [6, 6.07) is 15.2. The Kier molecular flexibility index (Phi) is 11.8. The molecule has 0 radical (unpaired) electrons. The normalized spacial score (nSPS) is 13.7. The van der Waals surface area contributed by atoms with Crippen molar-refractivity contribution in [2.75, 3.05) is 65.4 Å². The van der Waals surface area contributed by atoms with Crippen LogP contribution in [0.5, 0.6) is 0 Å². The Bertz CT molecular complexity index is 1500. The number of carbonyl (C=O) groups excluding carboxylic acids is 1.